The molecule has 0 N–H and O–H groups in total. The average molecular weight is 180 g/mol. The maximum atomic E-state index is 11.5. The Balaban J connectivity index is 2.33. The van der Waals surface area contributed by atoms with Gasteiger partial charge >= 0.3 is 5.97 Å². The summed E-state index contributed by atoms with van der Waals surface area (Å²) in [4.78, 5) is 11.5. The summed E-state index contributed by atoms with van der Waals surface area (Å²) < 4.78 is 5.18. The molecule has 1 aliphatic heterocycles. The van der Waals surface area contributed by atoms with Crippen molar-refractivity contribution in [3.8, 4) is 0 Å². The van der Waals surface area contributed by atoms with E-state index in [1.54, 1.807) is 0 Å². The minimum atomic E-state index is -0.372. The van der Waals surface area contributed by atoms with Crippen molar-refractivity contribution in [2.75, 3.05) is 6.61 Å². The van der Waals surface area contributed by atoms with E-state index in [1.807, 2.05) is 13.8 Å². The van der Waals surface area contributed by atoms with Gasteiger partial charge in [-0.1, -0.05) is 11.6 Å². The zero-order valence-electron chi connectivity index (χ0n) is 8.30. The van der Waals surface area contributed by atoms with Gasteiger partial charge in [0.25, 0.3) is 0 Å². The van der Waals surface area contributed by atoms with Crippen LogP contribution in [0.15, 0.2) is 11.6 Å². The third-order valence-electron chi connectivity index (χ3n) is 3.21. The number of fused-ring (bicyclic) bond motifs is 1. The van der Waals surface area contributed by atoms with Gasteiger partial charge in [0.1, 0.15) is 0 Å². The third-order valence-corrected chi connectivity index (χ3v) is 3.21. The molecule has 0 spiro atoms. The molecule has 2 heteroatoms. The summed E-state index contributed by atoms with van der Waals surface area (Å²) in [6.45, 7) is 4.55. The van der Waals surface area contributed by atoms with Gasteiger partial charge in [-0.05, 0) is 33.1 Å². The van der Waals surface area contributed by atoms with E-state index in [0.29, 0.717) is 12.5 Å². The minimum absolute atomic E-state index is 0.0584. The molecule has 1 fully saturated rings. The van der Waals surface area contributed by atoms with Crippen LogP contribution in [0.1, 0.15) is 33.1 Å². The van der Waals surface area contributed by atoms with E-state index in [0.717, 1.165) is 6.42 Å². The minimum Gasteiger partial charge on any atom is -0.464 e. The van der Waals surface area contributed by atoms with Crippen molar-refractivity contribution >= 4 is 5.97 Å². The molecule has 0 radical (unpaired) electrons. The number of ether oxygens (including phenoxy) is 1. The molecular formula is C11H16O2. The molecule has 1 aliphatic carbocycles. The fourth-order valence-electron chi connectivity index (χ4n) is 2.36. The Hall–Kier alpha value is -0.790. The zero-order valence-corrected chi connectivity index (χ0v) is 8.30. The fourth-order valence-corrected chi connectivity index (χ4v) is 2.36. The number of rotatable bonds is 0. The lowest BCUT2D eigenvalue weighted by molar-refractivity contribution is -0.157. The summed E-state index contributed by atoms with van der Waals surface area (Å²) in [5, 5.41) is 0. The van der Waals surface area contributed by atoms with Crippen LogP contribution in [0.5, 0.6) is 0 Å². The fraction of sp³-hybridized carbons (Fsp3) is 0.727. The van der Waals surface area contributed by atoms with Crippen molar-refractivity contribution in [1.29, 1.82) is 0 Å². The highest BCUT2D eigenvalue weighted by molar-refractivity contribution is 5.81. The van der Waals surface area contributed by atoms with E-state index in [-0.39, 0.29) is 11.4 Å². The van der Waals surface area contributed by atoms with Gasteiger partial charge in [-0.3, -0.25) is 4.79 Å². The van der Waals surface area contributed by atoms with Crippen molar-refractivity contribution in [3.05, 3.63) is 11.6 Å². The van der Waals surface area contributed by atoms with E-state index >= 15 is 0 Å². The molecule has 0 saturated carbocycles. The summed E-state index contributed by atoms with van der Waals surface area (Å²) in [7, 11) is 0. The number of hydrogen-bond donors (Lipinski definition) is 0. The standard InChI is InChI=1S/C11H16O2/c1-11(2)9-6-4-3-5-8(9)7-13-10(11)12/h6,8H,3-5,7H2,1-2H3. The molecule has 2 aliphatic rings. The maximum Gasteiger partial charge on any atom is 0.315 e. The third kappa shape index (κ3) is 1.28. The normalized spacial score (nSPS) is 31.7. The Morgan fingerprint density at radius 2 is 2.31 bits per heavy atom. The second-order valence-corrected chi connectivity index (χ2v) is 4.51. The molecule has 1 heterocycles. The second kappa shape index (κ2) is 2.86. The predicted molar refractivity (Wildman–Crippen MR) is 50.2 cm³/mol. The lowest BCUT2D eigenvalue weighted by Gasteiger charge is -2.38. The molecule has 1 saturated heterocycles. The largest absolute Gasteiger partial charge is 0.464 e. The van der Waals surface area contributed by atoms with E-state index in [4.69, 9.17) is 4.74 Å². The van der Waals surface area contributed by atoms with Crippen LogP contribution in [0, 0.1) is 11.3 Å². The molecule has 1 unspecified atom stereocenters. The monoisotopic (exact) mass is 180 g/mol. The van der Waals surface area contributed by atoms with Crippen LogP contribution in [-0.2, 0) is 9.53 Å². The second-order valence-electron chi connectivity index (χ2n) is 4.51. The summed E-state index contributed by atoms with van der Waals surface area (Å²) >= 11 is 0. The van der Waals surface area contributed by atoms with Crippen LogP contribution < -0.4 is 0 Å². The van der Waals surface area contributed by atoms with Crippen molar-refractivity contribution < 1.29 is 9.53 Å². The Morgan fingerprint density at radius 1 is 1.54 bits per heavy atom. The molecule has 2 nitrogen and oxygen atoms in total. The van der Waals surface area contributed by atoms with Gasteiger partial charge in [-0.15, -0.1) is 0 Å². The number of allylic oxidation sites excluding steroid dienone is 1. The number of cyclic esters (lactones) is 1. The van der Waals surface area contributed by atoms with Crippen LogP contribution in [0.3, 0.4) is 0 Å². The van der Waals surface area contributed by atoms with E-state index in [9.17, 15) is 4.79 Å². The highest BCUT2D eigenvalue weighted by atomic mass is 16.5. The first-order chi connectivity index (χ1) is 6.12. The van der Waals surface area contributed by atoms with Crippen LogP contribution >= 0.6 is 0 Å². The van der Waals surface area contributed by atoms with Crippen molar-refractivity contribution in [3.63, 3.8) is 0 Å². The molecular weight excluding hydrogens is 164 g/mol. The van der Waals surface area contributed by atoms with Gasteiger partial charge in [0.15, 0.2) is 0 Å². The molecule has 0 bridgehead atoms. The van der Waals surface area contributed by atoms with Crippen molar-refractivity contribution in [1.82, 2.24) is 0 Å². The SMILES string of the molecule is CC1(C)C(=O)OCC2CCCC=C21. The summed E-state index contributed by atoms with van der Waals surface area (Å²) in [6, 6.07) is 0. The average Bonchev–Trinajstić information content (AvgIpc) is 2.13. The lowest BCUT2D eigenvalue weighted by atomic mass is 9.71. The number of carbonyl (C=O) groups excluding carboxylic acids is 1. The van der Waals surface area contributed by atoms with E-state index in [1.165, 1.54) is 18.4 Å². The van der Waals surface area contributed by atoms with Crippen LogP contribution in [0.2, 0.25) is 0 Å². The van der Waals surface area contributed by atoms with Crippen LogP contribution in [0.25, 0.3) is 0 Å². The molecule has 13 heavy (non-hydrogen) atoms. The zero-order chi connectivity index (χ0) is 9.47. The quantitative estimate of drug-likeness (QED) is 0.422. The molecule has 0 aromatic carbocycles. The summed E-state index contributed by atoms with van der Waals surface area (Å²) in [6.07, 6.45) is 5.79. The lowest BCUT2D eigenvalue weighted by Crippen LogP contribution is -2.40. The molecule has 0 amide bonds. The molecule has 72 valence electrons. The highest BCUT2D eigenvalue weighted by Crippen LogP contribution is 2.42. The van der Waals surface area contributed by atoms with Gasteiger partial charge < -0.3 is 4.74 Å². The van der Waals surface area contributed by atoms with Crippen LogP contribution in [0.4, 0.5) is 0 Å². The number of hydrogen-bond acceptors (Lipinski definition) is 2. The first-order valence-corrected chi connectivity index (χ1v) is 5.00. The summed E-state index contributed by atoms with van der Waals surface area (Å²) in [5.74, 6) is 0.443. The van der Waals surface area contributed by atoms with Crippen molar-refractivity contribution in [2.24, 2.45) is 11.3 Å². The van der Waals surface area contributed by atoms with E-state index in [2.05, 4.69) is 6.08 Å². The summed E-state index contributed by atoms with van der Waals surface area (Å²) in [5.41, 5.74) is 0.943. The molecule has 0 aromatic rings. The van der Waals surface area contributed by atoms with Gasteiger partial charge in [0.2, 0.25) is 0 Å². The topological polar surface area (TPSA) is 26.3 Å². The van der Waals surface area contributed by atoms with Crippen LogP contribution in [-0.4, -0.2) is 12.6 Å². The smallest absolute Gasteiger partial charge is 0.315 e. The van der Waals surface area contributed by atoms with Gasteiger partial charge in [-0.2, -0.15) is 0 Å². The molecule has 1 atom stereocenters. The van der Waals surface area contributed by atoms with Gasteiger partial charge in [0.05, 0.1) is 12.0 Å². The Bertz CT molecular complexity index is 263. The first kappa shape index (κ1) is 8.79. The Kier molecular flexibility index (Phi) is 1.94. The highest BCUT2D eigenvalue weighted by Gasteiger charge is 2.42. The Labute approximate surface area is 79.0 Å². The van der Waals surface area contributed by atoms with Gasteiger partial charge in [0, 0.05) is 5.92 Å². The Morgan fingerprint density at radius 3 is 3.08 bits per heavy atom. The van der Waals surface area contributed by atoms with Crippen molar-refractivity contribution in [2.45, 2.75) is 33.1 Å². The molecule has 2 rings (SSSR count). The maximum absolute atomic E-state index is 11.5. The van der Waals surface area contributed by atoms with E-state index < -0.39 is 0 Å². The van der Waals surface area contributed by atoms with Gasteiger partial charge in [-0.25, -0.2) is 0 Å². The number of carbonyl (C=O) groups is 1. The first-order valence-electron chi connectivity index (χ1n) is 5.00. The predicted octanol–water partition coefficient (Wildman–Crippen LogP) is 2.30. The number of esters is 1. The molecule has 0 aromatic heterocycles.